The van der Waals surface area contributed by atoms with E-state index in [2.05, 4.69) is 15.4 Å². The Morgan fingerprint density at radius 2 is 2.10 bits per heavy atom. The molecule has 0 spiro atoms. The van der Waals surface area contributed by atoms with Gasteiger partial charge in [0.15, 0.2) is 5.65 Å². The molecule has 0 saturated carbocycles. The predicted molar refractivity (Wildman–Crippen MR) is 82.1 cm³/mol. The zero-order valence-corrected chi connectivity index (χ0v) is 12.6. The van der Waals surface area contributed by atoms with Gasteiger partial charge in [0.1, 0.15) is 16.8 Å². The summed E-state index contributed by atoms with van der Waals surface area (Å²) in [7, 11) is 0. The molecule has 1 N–H and O–H groups in total. The molecule has 3 rings (SSSR count). The van der Waals surface area contributed by atoms with E-state index < -0.39 is 5.82 Å². The number of rotatable bonds is 3. The van der Waals surface area contributed by atoms with Gasteiger partial charge in [-0.1, -0.05) is 30.1 Å². The first-order valence-electron chi connectivity index (χ1n) is 6.34. The molecule has 0 atom stereocenters. The lowest BCUT2D eigenvalue weighted by atomic mass is 10.2. The van der Waals surface area contributed by atoms with Crippen molar-refractivity contribution in [3.8, 4) is 0 Å². The van der Waals surface area contributed by atoms with Gasteiger partial charge in [-0.25, -0.2) is 9.37 Å². The molecule has 1 aromatic carbocycles. The average Bonchev–Trinajstić information content (AvgIpc) is 2.91. The highest BCUT2D eigenvalue weighted by molar-refractivity contribution is 6.31. The Labute approximate surface area is 130 Å². The lowest BCUT2D eigenvalue weighted by molar-refractivity contribution is 0.628. The smallest absolute Gasteiger partial charge is 0.159 e. The molecule has 0 radical (unpaired) electrons. The van der Waals surface area contributed by atoms with Crippen LogP contribution in [0.3, 0.4) is 0 Å². The van der Waals surface area contributed by atoms with Crippen molar-refractivity contribution >= 4 is 40.4 Å². The minimum Gasteiger partial charge on any atom is -0.340 e. The second-order valence-corrected chi connectivity index (χ2v) is 5.20. The highest BCUT2D eigenvalue weighted by Gasteiger charge is 2.14. The van der Waals surface area contributed by atoms with Crippen LogP contribution in [0.4, 0.5) is 15.9 Å². The predicted octanol–water partition coefficient (Wildman–Crippen LogP) is 4.48. The van der Waals surface area contributed by atoms with Crippen LogP contribution in [0.5, 0.6) is 0 Å². The summed E-state index contributed by atoms with van der Waals surface area (Å²) in [6.45, 7) is 1.97. The molecule has 2 aromatic heterocycles. The molecule has 4 nitrogen and oxygen atoms in total. The van der Waals surface area contributed by atoms with Crippen LogP contribution in [0.25, 0.3) is 5.65 Å². The van der Waals surface area contributed by atoms with Crippen LogP contribution in [-0.2, 0) is 6.42 Å². The lowest BCUT2D eigenvalue weighted by Gasteiger charge is -2.14. The summed E-state index contributed by atoms with van der Waals surface area (Å²) in [4.78, 5) is 4.28. The zero-order chi connectivity index (χ0) is 15.0. The first-order chi connectivity index (χ1) is 10.1. The van der Waals surface area contributed by atoms with Crippen molar-refractivity contribution in [3.63, 3.8) is 0 Å². The summed E-state index contributed by atoms with van der Waals surface area (Å²) in [6, 6.07) is 6.18. The Bertz CT molecular complexity index is 816. The molecule has 2 heterocycles. The van der Waals surface area contributed by atoms with Crippen LogP contribution in [0.2, 0.25) is 10.2 Å². The highest BCUT2D eigenvalue weighted by Crippen LogP contribution is 2.29. The third-order valence-electron chi connectivity index (χ3n) is 3.12. The fraction of sp³-hybridized carbons (Fsp3) is 0.143. The number of nitrogens with one attached hydrogen (secondary N) is 1. The molecule has 0 aliphatic carbocycles. The molecule has 21 heavy (non-hydrogen) atoms. The number of aromatic nitrogens is 3. The summed E-state index contributed by atoms with van der Waals surface area (Å²) < 4.78 is 14.9. The van der Waals surface area contributed by atoms with Gasteiger partial charge in [-0.3, -0.25) is 0 Å². The van der Waals surface area contributed by atoms with Crippen LogP contribution < -0.4 is 5.32 Å². The van der Waals surface area contributed by atoms with Crippen LogP contribution >= 0.6 is 23.2 Å². The molecular weight excluding hydrogens is 314 g/mol. The van der Waals surface area contributed by atoms with E-state index in [-0.39, 0.29) is 5.02 Å². The van der Waals surface area contributed by atoms with E-state index >= 15 is 0 Å². The molecule has 0 amide bonds. The van der Waals surface area contributed by atoms with Crippen LogP contribution in [0.1, 0.15) is 12.5 Å². The molecule has 0 bridgehead atoms. The Kier molecular flexibility index (Phi) is 3.69. The molecule has 108 valence electrons. The summed E-state index contributed by atoms with van der Waals surface area (Å²) in [5.41, 5.74) is 2.11. The Morgan fingerprint density at radius 1 is 1.29 bits per heavy atom. The molecule has 3 aromatic rings. The number of hydrogen-bond acceptors (Lipinski definition) is 3. The molecule has 0 aliphatic heterocycles. The Morgan fingerprint density at radius 3 is 2.81 bits per heavy atom. The van der Waals surface area contributed by atoms with Crippen molar-refractivity contribution in [2.24, 2.45) is 0 Å². The molecule has 0 aliphatic rings. The van der Waals surface area contributed by atoms with Gasteiger partial charge in [-0.15, -0.1) is 0 Å². The normalized spacial score (nSPS) is 11.0. The lowest BCUT2D eigenvalue weighted by Crippen LogP contribution is -2.06. The fourth-order valence-corrected chi connectivity index (χ4v) is 2.59. The number of hydrogen-bond donors (Lipinski definition) is 1. The first-order valence-corrected chi connectivity index (χ1v) is 7.10. The van der Waals surface area contributed by atoms with E-state index in [9.17, 15) is 4.39 Å². The SMILES string of the molecule is CCc1c(Cl)nc2ccnn2c1Nc1ccc(F)c(Cl)c1. The molecule has 0 saturated heterocycles. The van der Waals surface area contributed by atoms with Crippen LogP contribution in [0.15, 0.2) is 30.5 Å². The van der Waals surface area contributed by atoms with Crippen molar-refractivity contribution in [2.45, 2.75) is 13.3 Å². The largest absolute Gasteiger partial charge is 0.340 e. The summed E-state index contributed by atoms with van der Waals surface area (Å²) in [5, 5.41) is 7.89. The zero-order valence-electron chi connectivity index (χ0n) is 11.1. The second-order valence-electron chi connectivity index (χ2n) is 4.44. The van der Waals surface area contributed by atoms with Crippen molar-refractivity contribution in [1.82, 2.24) is 14.6 Å². The van der Waals surface area contributed by atoms with Gasteiger partial charge in [0.25, 0.3) is 0 Å². The maximum absolute atomic E-state index is 13.2. The third kappa shape index (κ3) is 2.54. The summed E-state index contributed by atoms with van der Waals surface area (Å²) >= 11 is 12.0. The third-order valence-corrected chi connectivity index (χ3v) is 3.72. The molecule has 0 fully saturated rings. The highest BCUT2D eigenvalue weighted by atomic mass is 35.5. The summed E-state index contributed by atoms with van der Waals surface area (Å²) in [6.07, 6.45) is 2.32. The van der Waals surface area contributed by atoms with E-state index in [1.165, 1.54) is 12.1 Å². The van der Waals surface area contributed by atoms with Crippen LogP contribution in [-0.4, -0.2) is 14.6 Å². The standard InChI is InChI=1S/C14H11Cl2FN4/c1-2-9-13(16)20-12-5-6-18-21(12)14(9)19-8-3-4-11(17)10(15)7-8/h3-7,19H,2H2,1H3. The van der Waals surface area contributed by atoms with Gasteiger partial charge in [-0.05, 0) is 24.6 Å². The topological polar surface area (TPSA) is 42.2 Å². The quantitative estimate of drug-likeness (QED) is 0.722. The maximum Gasteiger partial charge on any atom is 0.159 e. The average molecular weight is 325 g/mol. The van der Waals surface area contributed by atoms with Crippen molar-refractivity contribution < 1.29 is 4.39 Å². The van der Waals surface area contributed by atoms with E-state index in [0.717, 1.165) is 5.56 Å². The van der Waals surface area contributed by atoms with E-state index in [1.54, 1.807) is 22.8 Å². The molecular formula is C14H11Cl2FN4. The van der Waals surface area contributed by atoms with Gasteiger partial charge < -0.3 is 5.32 Å². The van der Waals surface area contributed by atoms with Gasteiger partial charge in [-0.2, -0.15) is 9.61 Å². The number of fused-ring (bicyclic) bond motifs is 1. The fourth-order valence-electron chi connectivity index (χ4n) is 2.10. The number of anilines is 2. The molecule has 0 unspecified atom stereocenters. The van der Waals surface area contributed by atoms with E-state index in [4.69, 9.17) is 23.2 Å². The monoisotopic (exact) mass is 324 g/mol. The van der Waals surface area contributed by atoms with E-state index in [1.807, 2.05) is 6.92 Å². The number of halogens is 3. The van der Waals surface area contributed by atoms with Crippen molar-refractivity contribution in [2.75, 3.05) is 5.32 Å². The van der Waals surface area contributed by atoms with Crippen molar-refractivity contribution in [1.29, 1.82) is 0 Å². The van der Waals surface area contributed by atoms with E-state index in [0.29, 0.717) is 28.7 Å². The second kappa shape index (κ2) is 5.50. The first kappa shape index (κ1) is 14.1. The Hall–Kier alpha value is -1.85. The summed E-state index contributed by atoms with van der Waals surface area (Å²) in [5.74, 6) is 0.232. The van der Waals surface area contributed by atoms with Crippen LogP contribution in [0, 0.1) is 5.82 Å². The number of nitrogens with zero attached hydrogens (tertiary/aromatic N) is 3. The minimum absolute atomic E-state index is 0.0508. The van der Waals surface area contributed by atoms with Gasteiger partial charge >= 0.3 is 0 Å². The molecule has 7 heteroatoms. The van der Waals surface area contributed by atoms with Gasteiger partial charge in [0.2, 0.25) is 0 Å². The van der Waals surface area contributed by atoms with Gasteiger partial charge in [0.05, 0.1) is 11.2 Å². The Balaban J connectivity index is 2.14. The number of benzene rings is 1. The minimum atomic E-state index is -0.463. The van der Waals surface area contributed by atoms with Gasteiger partial charge in [0, 0.05) is 17.3 Å². The van der Waals surface area contributed by atoms with Crippen molar-refractivity contribution in [3.05, 3.63) is 52.0 Å². The maximum atomic E-state index is 13.2.